The number of ether oxygens (including phenoxy) is 1. The first kappa shape index (κ1) is 11.4. The van der Waals surface area contributed by atoms with Gasteiger partial charge in [0.1, 0.15) is 6.10 Å². The van der Waals surface area contributed by atoms with Crippen molar-refractivity contribution >= 4 is 6.72 Å². The molecule has 1 unspecified atom stereocenters. The maximum absolute atomic E-state index is 5.50. The summed E-state index contributed by atoms with van der Waals surface area (Å²) in [4.78, 5) is 4.16. The van der Waals surface area contributed by atoms with Crippen LogP contribution >= 0.6 is 0 Å². The topological polar surface area (TPSA) is 33.6 Å². The van der Waals surface area contributed by atoms with Gasteiger partial charge < -0.3 is 10.1 Å². The highest BCUT2D eigenvalue weighted by atomic mass is 16.5. The lowest BCUT2D eigenvalue weighted by Gasteiger charge is -2.26. The second kappa shape index (κ2) is 5.30. The van der Waals surface area contributed by atoms with Gasteiger partial charge in [0.15, 0.2) is 0 Å². The summed E-state index contributed by atoms with van der Waals surface area (Å²) >= 11 is 0. The lowest BCUT2D eigenvalue weighted by molar-refractivity contribution is 0.130. The number of methoxy groups -OCH3 is 1. The molecule has 1 atom stereocenters. The molecular formula is C13H20N2O. The highest BCUT2D eigenvalue weighted by Crippen LogP contribution is 2.26. The zero-order chi connectivity index (χ0) is 11.4. The highest BCUT2D eigenvalue weighted by molar-refractivity contribution is 5.34. The van der Waals surface area contributed by atoms with Crippen LogP contribution in [0.2, 0.25) is 0 Å². The smallest absolute Gasteiger partial charge is 0.104 e. The van der Waals surface area contributed by atoms with Crippen LogP contribution in [0.3, 0.4) is 0 Å². The van der Waals surface area contributed by atoms with Crippen LogP contribution < -0.4 is 5.32 Å². The summed E-state index contributed by atoms with van der Waals surface area (Å²) in [7, 11) is 1.74. The van der Waals surface area contributed by atoms with Crippen LogP contribution in [0.5, 0.6) is 0 Å². The normalized spacial score (nSPS) is 33.8. The fourth-order valence-electron chi connectivity index (χ4n) is 2.43. The zero-order valence-corrected chi connectivity index (χ0v) is 9.96. The molecule has 16 heavy (non-hydrogen) atoms. The summed E-state index contributed by atoms with van der Waals surface area (Å²) < 4.78 is 5.50. The van der Waals surface area contributed by atoms with E-state index in [-0.39, 0.29) is 6.10 Å². The third-order valence-corrected chi connectivity index (χ3v) is 3.39. The van der Waals surface area contributed by atoms with Gasteiger partial charge in [-0.1, -0.05) is 11.6 Å². The lowest BCUT2D eigenvalue weighted by atomic mass is 9.96. The van der Waals surface area contributed by atoms with E-state index < -0.39 is 0 Å². The van der Waals surface area contributed by atoms with Gasteiger partial charge in [-0.05, 0) is 38.8 Å². The molecule has 0 amide bonds. The van der Waals surface area contributed by atoms with E-state index in [0.717, 1.165) is 25.1 Å². The molecule has 2 aliphatic rings. The number of nitrogens with zero attached hydrogens (tertiary/aromatic N) is 1. The first-order valence-corrected chi connectivity index (χ1v) is 5.99. The molecule has 2 rings (SSSR count). The van der Waals surface area contributed by atoms with Crippen molar-refractivity contribution in [1.29, 1.82) is 0 Å². The summed E-state index contributed by atoms with van der Waals surface area (Å²) in [5.74, 6) is 0. The van der Waals surface area contributed by atoms with Crippen LogP contribution in [-0.4, -0.2) is 26.5 Å². The molecule has 0 aromatic carbocycles. The van der Waals surface area contributed by atoms with Crippen molar-refractivity contribution in [2.24, 2.45) is 4.99 Å². The molecule has 0 radical (unpaired) electrons. The van der Waals surface area contributed by atoms with E-state index in [0.29, 0.717) is 0 Å². The van der Waals surface area contributed by atoms with E-state index in [1.807, 2.05) is 0 Å². The molecule has 2 heterocycles. The maximum atomic E-state index is 5.50. The Morgan fingerprint density at radius 2 is 2.25 bits per heavy atom. The highest BCUT2D eigenvalue weighted by Gasteiger charge is 2.20. The number of nitrogens with one attached hydrogen (secondary N) is 1. The molecule has 0 aromatic heterocycles. The lowest BCUT2D eigenvalue weighted by Crippen LogP contribution is -2.27. The first-order chi connectivity index (χ1) is 7.85. The molecule has 0 aromatic rings. The van der Waals surface area contributed by atoms with Gasteiger partial charge in [0.05, 0.1) is 5.70 Å². The summed E-state index contributed by atoms with van der Waals surface area (Å²) in [5, 5.41) is 3.49. The Hall–Kier alpha value is -1.09. The van der Waals surface area contributed by atoms with Gasteiger partial charge >= 0.3 is 0 Å². The van der Waals surface area contributed by atoms with Crippen LogP contribution in [0.4, 0.5) is 0 Å². The molecular weight excluding hydrogens is 200 g/mol. The van der Waals surface area contributed by atoms with Gasteiger partial charge in [-0.2, -0.15) is 0 Å². The predicted octanol–water partition coefficient (Wildman–Crippen LogP) is 2.41. The molecule has 1 saturated heterocycles. The van der Waals surface area contributed by atoms with Crippen molar-refractivity contribution in [3.8, 4) is 0 Å². The Bertz CT molecular complexity index is 331. The molecule has 88 valence electrons. The fraction of sp³-hybridized carbons (Fsp3) is 0.615. The van der Waals surface area contributed by atoms with Crippen LogP contribution in [0.15, 0.2) is 28.0 Å². The SMILES string of the molecule is C=N/C1=C2/CCCC/C(=C\CC1OC)CN2. The first-order valence-electron chi connectivity index (χ1n) is 5.99. The Kier molecular flexibility index (Phi) is 3.78. The van der Waals surface area contributed by atoms with Gasteiger partial charge in [-0.25, -0.2) is 0 Å². The predicted molar refractivity (Wildman–Crippen MR) is 66.5 cm³/mol. The average molecular weight is 220 g/mol. The summed E-state index contributed by atoms with van der Waals surface area (Å²) in [5.41, 5.74) is 3.73. The van der Waals surface area contributed by atoms with Crippen molar-refractivity contribution in [3.63, 3.8) is 0 Å². The molecule has 1 fully saturated rings. The third kappa shape index (κ3) is 2.35. The molecule has 1 N–H and O–H groups in total. The molecule has 2 aliphatic heterocycles. The van der Waals surface area contributed by atoms with Crippen molar-refractivity contribution in [2.45, 2.75) is 38.2 Å². The van der Waals surface area contributed by atoms with E-state index in [1.54, 1.807) is 7.11 Å². The quantitative estimate of drug-likeness (QED) is 0.572. The van der Waals surface area contributed by atoms with Gasteiger partial charge in [0, 0.05) is 19.4 Å². The van der Waals surface area contributed by atoms with Crippen LogP contribution in [0.1, 0.15) is 32.1 Å². The second-order valence-corrected chi connectivity index (χ2v) is 4.40. The average Bonchev–Trinajstić information content (AvgIpc) is 2.26. The number of aliphatic imine (C=N–C) groups is 1. The summed E-state index contributed by atoms with van der Waals surface area (Å²) in [6.07, 6.45) is 8.07. The number of allylic oxidation sites excluding steroid dienone is 1. The van der Waals surface area contributed by atoms with Gasteiger partial charge in [0.2, 0.25) is 0 Å². The summed E-state index contributed by atoms with van der Waals surface area (Å²) in [6, 6.07) is 0. The maximum Gasteiger partial charge on any atom is 0.104 e. The Morgan fingerprint density at radius 3 is 3.00 bits per heavy atom. The Morgan fingerprint density at radius 1 is 1.44 bits per heavy atom. The largest absolute Gasteiger partial charge is 0.383 e. The fourth-order valence-corrected chi connectivity index (χ4v) is 2.43. The molecule has 2 bridgehead atoms. The zero-order valence-electron chi connectivity index (χ0n) is 9.96. The van der Waals surface area contributed by atoms with E-state index in [4.69, 9.17) is 4.74 Å². The Balaban J connectivity index is 2.32. The van der Waals surface area contributed by atoms with Gasteiger partial charge in [0.25, 0.3) is 0 Å². The van der Waals surface area contributed by atoms with E-state index in [2.05, 4.69) is 23.1 Å². The third-order valence-electron chi connectivity index (χ3n) is 3.39. The van der Waals surface area contributed by atoms with Crippen molar-refractivity contribution < 1.29 is 4.74 Å². The minimum absolute atomic E-state index is 0.0633. The number of hydrogen-bond acceptors (Lipinski definition) is 3. The number of hydrogen-bond donors (Lipinski definition) is 1. The van der Waals surface area contributed by atoms with Crippen LogP contribution in [0, 0.1) is 0 Å². The number of fused-ring (bicyclic) bond motifs is 3. The van der Waals surface area contributed by atoms with Crippen molar-refractivity contribution in [3.05, 3.63) is 23.0 Å². The van der Waals surface area contributed by atoms with Crippen molar-refractivity contribution in [2.75, 3.05) is 13.7 Å². The van der Waals surface area contributed by atoms with Crippen molar-refractivity contribution in [1.82, 2.24) is 5.32 Å². The molecule has 0 aliphatic carbocycles. The molecule has 0 saturated carbocycles. The van der Waals surface area contributed by atoms with E-state index in [9.17, 15) is 0 Å². The second-order valence-electron chi connectivity index (χ2n) is 4.40. The minimum atomic E-state index is 0.0633. The van der Waals surface area contributed by atoms with Gasteiger partial charge in [-0.15, -0.1) is 0 Å². The van der Waals surface area contributed by atoms with Crippen LogP contribution in [-0.2, 0) is 4.74 Å². The Labute approximate surface area is 97.3 Å². The number of rotatable bonds is 2. The van der Waals surface area contributed by atoms with Gasteiger partial charge in [-0.3, -0.25) is 4.99 Å². The standard InChI is InChI=1S/C13H20N2O/c1-14-13-11-6-4-3-5-10(9-15-11)7-8-12(13)16-2/h7,12,15H,1,3-6,8-9H2,2H3/b10-7+,13-11-. The summed E-state index contributed by atoms with van der Waals surface area (Å²) in [6.45, 7) is 4.64. The minimum Gasteiger partial charge on any atom is -0.383 e. The van der Waals surface area contributed by atoms with E-state index >= 15 is 0 Å². The monoisotopic (exact) mass is 220 g/mol. The van der Waals surface area contributed by atoms with Crippen LogP contribution in [0.25, 0.3) is 0 Å². The molecule has 0 spiro atoms. The van der Waals surface area contributed by atoms with E-state index in [1.165, 1.54) is 30.5 Å². The molecule has 3 nitrogen and oxygen atoms in total. The molecule has 3 heteroatoms.